The van der Waals surface area contributed by atoms with Crippen LogP contribution < -0.4 is 0 Å². The first-order chi connectivity index (χ1) is 7.00. The Balaban J connectivity index is 2.22. The second-order valence-electron chi connectivity index (χ2n) is 2.51. The highest BCUT2D eigenvalue weighted by Gasteiger charge is 1.89. The van der Waals surface area contributed by atoms with Gasteiger partial charge in [0.05, 0.1) is 0 Å². The van der Waals surface area contributed by atoms with Crippen molar-refractivity contribution >= 4 is 47.0 Å². The Morgan fingerprint density at radius 3 is 1.29 bits per heavy atom. The Bertz CT molecular complexity index is 225. The number of rotatable bonds is 0. The van der Waals surface area contributed by atoms with Crippen LogP contribution in [0.3, 0.4) is 0 Å². The average Bonchev–Trinajstić information content (AvgIpc) is 2.22. The van der Waals surface area contributed by atoms with Crippen molar-refractivity contribution < 1.29 is 0 Å². The van der Waals surface area contributed by atoms with Crippen molar-refractivity contribution in [2.75, 3.05) is 23.0 Å². The third kappa shape index (κ3) is 7.88. The molecule has 0 bridgehead atoms. The van der Waals surface area contributed by atoms with Crippen LogP contribution in [-0.4, -0.2) is 23.0 Å². The summed E-state index contributed by atoms with van der Waals surface area (Å²) in [7, 11) is 0. The summed E-state index contributed by atoms with van der Waals surface area (Å²) in [6.07, 6.45) is 2.51. The molecule has 0 N–H and O–H groups in total. The van der Waals surface area contributed by atoms with Gasteiger partial charge in [-0.25, -0.2) is 0 Å². The Kier molecular flexibility index (Phi) is 9.04. The summed E-state index contributed by atoms with van der Waals surface area (Å²) >= 11 is 6.90. The molecule has 0 fully saturated rings. The van der Waals surface area contributed by atoms with E-state index in [4.69, 9.17) is 0 Å². The molecule has 0 saturated carbocycles. The summed E-state index contributed by atoms with van der Waals surface area (Å²) in [5.41, 5.74) is 0. The molecule has 0 aromatic rings. The third-order valence-electron chi connectivity index (χ3n) is 1.40. The zero-order valence-corrected chi connectivity index (χ0v) is 11.1. The highest BCUT2D eigenvalue weighted by Crippen LogP contribution is 2.11. The summed E-state index contributed by atoms with van der Waals surface area (Å²) in [6, 6.07) is 0. The molecule has 0 aromatic heterocycles. The standard InChI is InChI=1S/C10H12S4/c1-2-4-12-6-8-14-10-9-13-7-5-11-3-1/h1-4,9-10H2. The lowest BCUT2D eigenvalue weighted by Crippen LogP contribution is -1.82. The maximum atomic E-state index is 3.12. The van der Waals surface area contributed by atoms with Gasteiger partial charge in [-0.15, -0.1) is 0 Å². The Hall–Kier alpha value is 0.520. The molecule has 0 saturated heterocycles. The fraction of sp³-hybridized carbons (Fsp3) is 0.600. The Morgan fingerprint density at radius 2 is 0.857 bits per heavy atom. The molecule has 0 aromatic carbocycles. The van der Waals surface area contributed by atoms with Gasteiger partial charge in [0.2, 0.25) is 0 Å². The molecule has 0 spiro atoms. The normalized spacial score (nSPS) is 19.4. The molecule has 14 heavy (non-hydrogen) atoms. The van der Waals surface area contributed by atoms with Crippen LogP contribution in [-0.2, 0) is 0 Å². The molecule has 1 rings (SSSR count). The van der Waals surface area contributed by atoms with Gasteiger partial charge in [-0.3, -0.25) is 0 Å². The van der Waals surface area contributed by atoms with E-state index >= 15 is 0 Å². The fourth-order valence-electron chi connectivity index (χ4n) is 0.754. The van der Waals surface area contributed by atoms with E-state index in [1.54, 1.807) is 47.0 Å². The number of thioether (sulfide) groups is 4. The van der Waals surface area contributed by atoms with Crippen molar-refractivity contribution in [1.29, 1.82) is 0 Å². The van der Waals surface area contributed by atoms with Gasteiger partial charge >= 0.3 is 0 Å². The van der Waals surface area contributed by atoms with Crippen molar-refractivity contribution in [3.8, 4) is 21.0 Å². The number of hydrogen-bond donors (Lipinski definition) is 0. The molecular weight excluding hydrogens is 248 g/mol. The van der Waals surface area contributed by atoms with Crippen LogP contribution in [0.4, 0.5) is 0 Å². The summed E-state index contributed by atoms with van der Waals surface area (Å²) in [6.45, 7) is 0. The molecule has 1 aliphatic rings. The number of hydrogen-bond acceptors (Lipinski definition) is 4. The van der Waals surface area contributed by atoms with E-state index in [9.17, 15) is 0 Å². The second kappa shape index (κ2) is 10.1. The van der Waals surface area contributed by atoms with Crippen LogP contribution in [0.5, 0.6) is 0 Å². The van der Waals surface area contributed by atoms with Gasteiger partial charge in [0.25, 0.3) is 0 Å². The molecule has 0 aliphatic carbocycles. The molecule has 0 atom stereocenters. The monoisotopic (exact) mass is 260 g/mol. The van der Waals surface area contributed by atoms with E-state index < -0.39 is 0 Å². The van der Waals surface area contributed by atoms with Gasteiger partial charge in [-0.05, 0) is 33.9 Å². The van der Waals surface area contributed by atoms with Gasteiger partial charge in [0.15, 0.2) is 0 Å². The van der Waals surface area contributed by atoms with E-state index in [-0.39, 0.29) is 0 Å². The van der Waals surface area contributed by atoms with Gasteiger partial charge in [-0.2, -0.15) is 0 Å². The average molecular weight is 260 g/mol. The molecular formula is C10H12S4. The highest BCUT2D eigenvalue weighted by molar-refractivity contribution is 8.09. The van der Waals surface area contributed by atoms with Gasteiger partial charge in [0, 0.05) is 23.0 Å². The third-order valence-corrected chi connectivity index (χ3v) is 4.71. The predicted molar refractivity (Wildman–Crippen MR) is 74.6 cm³/mol. The molecule has 76 valence electrons. The smallest absolute Gasteiger partial charge is 0.0157 e. The van der Waals surface area contributed by atoms with Crippen molar-refractivity contribution in [3.05, 3.63) is 0 Å². The highest BCUT2D eigenvalue weighted by atomic mass is 32.2. The van der Waals surface area contributed by atoms with Crippen molar-refractivity contribution in [2.24, 2.45) is 0 Å². The predicted octanol–water partition coefficient (Wildman–Crippen LogP) is 3.55. The lowest BCUT2D eigenvalue weighted by molar-refractivity contribution is 0.910. The second-order valence-corrected chi connectivity index (χ2v) is 6.11. The van der Waals surface area contributed by atoms with E-state index in [0.717, 1.165) is 23.0 Å². The Morgan fingerprint density at radius 1 is 0.500 bits per heavy atom. The van der Waals surface area contributed by atoms with Crippen LogP contribution in [0.1, 0.15) is 12.8 Å². The van der Waals surface area contributed by atoms with Crippen LogP contribution in [0.25, 0.3) is 0 Å². The van der Waals surface area contributed by atoms with Crippen LogP contribution >= 0.6 is 47.0 Å². The summed E-state index contributed by atoms with van der Waals surface area (Å²) in [5, 5.41) is 12.4. The maximum Gasteiger partial charge on any atom is 0.0157 e. The van der Waals surface area contributed by atoms with Crippen LogP contribution in [0.15, 0.2) is 0 Å². The van der Waals surface area contributed by atoms with Gasteiger partial charge < -0.3 is 0 Å². The first-order valence-electron chi connectivity index (χ1n) is 4.47. The topological polar surface area (TPSA) is 0 Å². The van der Waals surface area contributed by atoms with Crippen LogP contribution in [0, 0.1) is 21.0 Å². The van der Waals surface area contributed by atoms with Crippen LogP contribution in [0.2, 0.25) is 0 Å². The molecule has 1 heterocycles. The molecule has 0 unspecified atom stereocenters. The molecule has 0 nitrogen and oxygen atoms in total. The largest absolute Gasteiger partial charge is 0.0742 e. The minimum absolute atomic E-state index is 1.08. The van der Waals surface area contributed by atoms with E-state index in [2.05, 4.69) is 21.0 Å². The quantitative estimate of drug-likeness (QED) is 0.611. The van der Waals surface area contributed by atoms with Gasteiger partial charge in [-0.1, -0.05) is 47.0 Å². The first kappa shape index (κ1) is 12.6. The molecule has 4 heteroatoms. The lowest BCUT2D eigenvalue weighted by Gasteiger charge is -1.94. The zero-order chi connectivity index (χ0) is 9.90. The summed E-state index contributed by atoms with van der Waals surface area (Å²) in [5.74, 6) is 4.49. The molecule has 0 radical (unpaired) electrons. The lowest BCUT2D eigenvalue weighted by atomic mass is 10.4. The van der Waals surface area contributed by atoms with E-state index in [1.165, 1.54) is 12.8 Å². The summed E-state index contributed by atoms with van der Waals surface area (Å²) < 4.78 is 0. The van der Waals surface area contributed by atoms with Crippen molar-refractivity contribution in [3.63, 3.8) is 0 Å². The van der Waals surface area contributed by atoms with Crippen molar-refractivity contribution in [2.45, 2.75) is 12.8 Å². The fourth-order valence-corrected chi connectivity index (χ4v) is 3.47. The summed E-state index contributed by atoms with van der Waals surface area (Å²) in [4.78, 5) is 0. The minimum atomic E-state index is 1.08. The maximum absolute atomic E-state index is 3.12. The Labute approximate surface area is 104 Å². The molecule has 1 aliphatic heterocycles. The van der Waals surface area contributed by atoms with E-state index in [0.29, 0.717) is 0 Å². The SMILES string of the molecule is C1#CSCCSC#CSCCCCS1. The minimum Gasteiger partial charge on any atom is -0.0742 e. The first-order valence-corrected chi connectivity index (χ1v) is 8.41. The van der Waals surface area contributed by atoms with Gasteiger partial charge in [0.1, 0.15) is 0 Å². The van der Waals surface area contributed by atoms with E-state index in [1.807, 2.05) is 0 Å². The zero-order valence-electron chi connectivity index (χ0n) is 7.88. The van der Waals surface area contributed by atoms with Crippen molar-refractivity contribution in [1.82, 2.24) is 0 Å². The molecule has 0 amide bonds.